The van der Waals surface area contributed by atoms with E-state index in [0.717, 1.165) is 0 Å². The van der Waals surface area contributed by atoms with Crippen LogP contribution in [0.1, 0.15) is 0 Å². The third kappa shape index (κ3) is 4.34. The van der Waals surface area contributed by atoms with E-state index in [-0.39, 0.29) is 7.55 Å². The van der Waals surface area contributed by atoms with Gasteiger partial charge in [-0.3, -0.25) is 0 Å². The summed E-state index contributed by atoms with van der Waals surface area (Å²) in [6.07, 6.45) is 7.52. The van der Waals surface area contributed by atoms with E-state index in [2.05, 4.69) is 19.3 Å². The lowest BCUT2D eigenvalue weighted by Crippen LogP contribution is -1.52. The van der Waals surface area contributed by atoms with E-state index in [4.69, 9.17) is 0 Å². The topological polar surface area (TPSA) is 0 Å². The zero-order valence-corrected chi connectivity index (χ0v) is 5.80. The molecule has 34 valence electrons. The number of hydrogen-bond donors (Lipinski definition) is 0. The fourth-order valence-corrected chi connectivity index (χ4v) is 1.54. The predicted octanol–water partition coefficient (Wildman–Crippen LogP) is 1.87. The molecule has 0 aliphatic rings. The van der Waals surface area contributed by atoms with Crippen molar-refractivity contribution in [1.82, 2.24) is 0 Å². The molecule has 0 spiro atoms. The van der Waals surface area contributed by atoms with E-state index < -0.39 is 0 Å². The second-order valence-corrected chi connectivity index (χ2v) is 4.51. The molecule has 0 saturated heterocycles. The van der Waals surface area contributed by atoms with Gasteiger partial charge >= 0.3 is 0 Å². The van der Waals surface area contributed by atoms with Crippen molar-refractivity contribution < 1.29 is 0 Å². The Morgan fingerprint density at radius 3 is 2.33 bits per heavy atom. The van der Waals surface area contributed by atoms with Gasteiger partial charge in [-0.25, -0.2) is 0 Å². The summed E-state index contributed by atoms with van der Waals surface area (Å²) in [4.78, 5) is 0. The predicted molar refractivity (Wildman–Crippen MR) is 38.9 cm³/mol. The van der Waals surface area contributed by atoms with Gasteiger partial charge in [-0.1, -0.05) is 14.5 Å². The maximum absolute atomic E-state index is 3.85. The monoisotopic (exact) mass is 119 g/mol. The molecule has 0 aliphatic heterocycles. The fraction of sp³-hybridized carbons (Fsp3) is 0.500. The fourth-order valence-electron chi connectivity index (χ4n) is 0.171. The van der Waals surface area contributed by atoms with Crippen molar-refractivity contribution in [3.8, 4) is 0 Å². The molecular formula is C4H9P2+. The molecule has 6 heavy (non-hydrogen) atoms. The summed E-state index contributed by atoms with van der Waals surface area (Å²) in [5.74, 6) is 1.19. The van der Waals surface area contributed by atoms with Crippen molar-refractivity contribution in [2.24, 2.45) is 0 Å². The highest BCUT2D eigenvalue weighted by Crippen LogP contribution is 2.17. The van der Waals surface area contributed by atoms with Crippen LogP contribution in [0.5, 0.6) is 0 Å². The van der Waals surface area contributed by atoms with Crippen molar-refractivity contribution in [2.75, 3.05) is 12.6 Å². The minimum atomic E-state index is 0.0746. The molecule has 0 bridgehead atoms. The molecule has 1 unspecified atom stereocenters. The van der Waals surface area contributed by atoms with E-state index in [0.29, 0.717) is 0 Å². The van der Waals surface area contributed by atoms with Crippen LogP contribution < -0.4 is 0 Å². The molecule has 0 amide bonds. The smallest absolute Gasteiger partial charge is 0.0714 e. The van der Waals surface area contributed by atoms with Crippen molar-refractivity contribution in [3.63, 3.8) is 0 Å². The molecule has 0 rings (SSSR count). The quantitative estimate of drug-likeness (QED) is 0.486. The molecule has 0 fully saturated rings. The van der Waals surface area contributed by atoms with Crippen LogP contribution in [0.4, 0.5) is 0 Å². The van der Waals surface area contributed by atoms with Gasteiger partial charge in [0.15, 0.2) is 0 Å². The average Bonchev–Trinajstić information content (AvgIpc) is 1.35. The molecule has 0 saturated carbocycles. The van der Waals surface area contributed by atoms with E-state index in [1.165, 1.54) is 14.1 Å². The second-order valence-electron chi connectivity index (χ2n) is 1.22. The summed E-state index contributed by atoms with van der Waals surface area (Å²) in [6.45, 7) is 2.16. The van der Waals surface area contributed by atoms with Gasteiger partial charge in [0.2, 0.25) is 0 Å². The lowest BCUT2D eigenvalue weighted by molar-refractivity contribution is 2.18. The van der Waals surface area contributed by atoms with Crippen molar-refractivity contribution in [3.05, 3.63) is 0 Å². The molecule has 0 radical (unpaired) electrons. The van der Waals surface area contributed by atoms with Crippen LogP contribution in [0.2, 0.25) is 0 Å². The van der Waals surface area contributed by atoms with Crippen LogP contribution >= 0.6 is 15.7 Å². The summed E-state index contributed by atoms with van der Waals surface area (Å²) in [5, 5.41) is 0. The Labute approximate surface area is 41.8 Å². The third-order valence-electron chi connectivity index (χ3n) is 0.341. The molecule has 0 heterocycles. The van der Waals surface area contributed by atoms with E-state index in [1.54, 1.807) is 0 Å². The van der Waals surface area contributed by atoms with Crippen LogP contribution in [0.15, 0.2) is 0 Å². The zero-order chi connectivity index (χ0) is 4.99. The Morgan fingerprint density at radius 2 is 2.33 bits per heavy atom. The largest absolute Gasteiger partial charge is 0.145 e. The summed E-state index contributed by atoms with van der Waals surface area (Å²) in [7, 11) is 1.31. The van der Waals surface area contributed by atoms with Crippen LogP contribution in [-0.2, 0) is 0 Å². The molecule has 0 aliphatic carbocycles. The molecule has 0 aromatic carbocycles. The van der Waals surface area contributed by atoms with Gasteiger partial charge in [-0.15, -0.1) is 0 Å². The van der Waals surface area contributed by atoms with Gasteiger partial charge in [-0.05, 0) is 0 Å². The number of rotatable bonds is 2. The van der Waals surface area contributed by atoms with Crippen LogP contribution in [-0.4, -0.2) is 25.2 Å². The van der Waals surface area contributed by atoms with Gasteiger partial charge in [-0.2, -0.15) is 0 Å². The highest BCUT2D eigenvalue weighted by atomic mass is 31.1. The summed E-state index contributed by atoms with van der Waals surface area (Å²) < 4.78 is 0. The van der Waals surface area contributed by atoms with Gasteiger partial charge in [0.1, 0.15) is 5.90 Å². The highest BCUT2D eigenvalue weighted by Gasteiger charge is 1.85. The first-order valence-corrected chi connectivity index (χ1v) is 5.14. The van der Waals surface area contributed by atoms with Crippen LogP contribution in [0.3, 0.4) is 0 Å². The normalized spacial score (nSPS) is 11.8. The number of hydrogen-bond acceptors (Lipinski definition) is 0. The maximum Gasteiger partial charge on any atom is 0.145 e. The minimum Gasteiger partial charge on any atom is -0.0714 e. The highest BCUT2D eigenvalue weighted by molar-refractivity contribution is 7.65. The standard InChI is InChI=1S/C4H9P2/c1-5-4-6(2)3/h1-2,4H2,3H3/q+1. The Morgan fingerprint density at radius 1 is 1.83 bits per heavy atom. The van der Waals surface area contributed by atoms with Crippen molar-refractivity contribution in [2.45, 2.75) is 0 Å². The SMILES string of the molecule is C=PC[P+](=C)C. The molecule has 0 nitrogen and oxygen atoms in total. The van der Waals surface area contributed by atoms with E-state index in [1.807, 2.05) is 0 Å². The van der Waals surface area contributed by atoms with Crippen LogP contribution in [0.25, 0.3) is 0 Å². The average molecular weight is 119 g/mol. The van der Waals surface area contributed by atoms with Gasteiger partial charge < -0.3 is 0 Å². The lowest BCUT2D eigenvalue weighted by atomic mass is 11.9. The summed E-state index contributed by atoms with van der Waals surface area (Å²) in [5.41, 5.74) is 0. The summed E-state index contributed by atoms with van der Waals surface area (Å²) >= 11 is 0. The van der Waals surface area contributed by atoms with Crippen molar-refractivity contribution in [1.29, 1.82) is 0 Å². The minimum absolute atomic E-state index is 0.0746. The van der Waals surface area contributed by atoms with Gasteiger partial charge in [0, 0.05) is 0 Å². The third-order valence-corrected chi connectivity index (χ3v) is 3.07. The molecular weight excluding hydrogens is 110 g/mol. The summed E-state index contributed by atoms with van der Waals surface area (Å²) in [6, 6.07) is 0. The lowest BCUT2D eigenvalue weighted by Gasteiger charge is -1.69. The second kappa shape index (κ2) is 3.53. The zero-order valence-electron chi connectivity index (χ0n) is 4.02. The van der Waals surface area contributed by atoms with E-state index in [9.17, 15) is 0 Å². The first kappa shape index (κ1) is 6.34. The van der Waals surface area contributed by atoms with Crippen molar-refractivity contribution >= 4 is 28.3 Å². The van der Waals surface area contributed by atoms with Gasteiger partial charge in [0.05, 0.1) is 20.5 Å². The molecule has 1 atom stereocenters. The van der Waals surface area contributed by atoms with Crippen LogP contribution in [0, 0.1) is 0 Å². The Hall–Kier alpha value is 0.340. The maximum atomic E-state index is 3.85. The molecule has 2 heteroatoms. The Bertz CT molecular complexity index is 65.9. The Kier molecular flexibility index (Phi) is 3.73. The first-order chi connectivity index (χ1) is 2.77. The molecule has 0 N–H and O–H groups in total. The molecule has 0 aromatic rings. The first-order valence-electron chi connectivity index (χ1n) is 1.71. The Balaban J connectivity index is 3.05. The molecule has 0 aromatic heterocycles. The van der Waals surface area contributed by atoms with E-state index >= 15 is 0 Å². The van der Waals surface area contributed by atoms with Gasteiger partial charge in [0.25, 0.3) is 0 Å².